The second-order valence-electron chi connectivity index (χ2n) is 5.60. The molecule has 1 unspecified atom stereocenters. The summed E-state index contributed by atoms with van der Waals surface area (Å²) >= 11 is 0. The molecule has 2 rings (SSSR count). The lowest BCUT2D eigenvalue weighted by Crippen LogP contribution is -2.31. The molecule has 0 spiro atoms. The first kappa shape index (κ1) is 13.3. The van der Waals surface area contributed by atoms with Crippen LogP contribution < -0.4 is 0 Å². The second kappa shape index (κ2) is 5.67. The molecular formula is C14H23N3O. The van der Waals surface area contributed by atoms with Gasteiger partial charge in [-0.25, -0.2) is 0 Å². The highest BCUT2D eigenvalue weighted by molar-refractivity contribution is 5.97. The predicted octanol–water partition coefficient (Wildman–Crippen LogP) is 1.09. The van der Waals surface area contributed by atoms with Crippen LogP contribution in [0.4, 0.5) is 0 Å². The molecular weight excluding hydrogens is 226 g/mol. The average molecular weight is 249 g/mol. The molecule has 1 aromatic heterocycles. The highest BCUT2D eigenvalue weighted by atomic mass is 16.1. The minimum atomic E-state index is 0.212. The molecule has 0 radical (unpaired) electrons. The number of nitrogens with zero attached hydrogens (tertiary/aromatic N) is 3. The quantitative estimate of drug-likeness (QED) is 0.731. The zero-order valence-electron chi connectivity index (χ0n) is 11.6. The number of aromatic nitrogens is 1. The molecule has 4 nitrogen and oxygen atoms in total. The molecule has 2 heterocycles. The summed E-state index contributed by atoms with van der Waals surface area (Å²) in [4.78, 5) is 16.6. The van der Waals surface area contributed by atoms with Crippen molar-refractivity contribution in [3.63, 3.8) is 0 Å². The molecule has 0 bridgehead atoms. The van der Waals surface area contributed by atoms with Gasteiger partial charge in [-0.1, -0.05) is 0 Å². The number of likely N-dealkylation sites (N-methyl/N-ethyl adjacent to an activating group) is 1. The Morgan fingerprint density at radius 2 is 2.28 bits per heavy atom. The standard InChI is InChI=1S/C14H23N3O/c1-15-6-4-12(8-15)9-17(3)11-14(18)13-5-7-16(2)10-13/h5,7,10,12H,4,6,8-9,11H2,1-3H3. The van der Waals surface area contributed by atoms with Gasteiger partial charge < -0.3 is 9.47 Å². The highest BCUT2D eigenvalue weighted by Crippen LogP contribution is 2.15. The highest BCUT2D eigenvalue weighted by Gasteiger charge is 2.21. The van der Waals surface area contributed by atoms with E-state index in [1.165, 1.54) is 13.0 Å². The van der Waals surface area contributed by atoms with E-state index in [0.29, 0.717) is 12.5 Å². The van der Waals surface area contributed by atoms with E-state index >= 15 is 0 Å². The predicted molar refractivity (Wildman–Crippen MR) is 72.8 cm³/mol. The summed E-state index contributed by atoms with van der Waals surface area (Å²) < 4.78 is 1.92. The summed E-state index contributed by atoms with van der Waals surface area (Å²) in [5.41, 5.74) is 0.813. The normalized spacial score (nSPS) is 20.8. The van der Waals surface area contributed by atoms with Crippen LogP contribution in [0, 0.1) is 5.92 Å². The van der Waals surface area contributed by atoms with Gasteiger partial charge in [0.05, 0.1) is 6.54 Å². The molecule has 0 aromatic carbocycles. The van der Waals surface area contributed by atoms with Crippen LogP contribution in [0.1, 0.15) is 16.8 Å². The van der Waals surface area contributed by atoms with E-state index in [1.54, 1.807) is 0 Å². The van der Waals surface area contributed by atoms with E-state index in [9.17, 15) is 4.79 Å². The lowest BCUT2D eigenvalue weighted by molar-refractivity contribution is 0.0938. The number of rotatable bonds is 5. The molecule has 0 amide bonds. The fourth-order valence-corrected chi connectivity index (χ4v) is 2.69. The van der Waals surface area contributed by atoms with Crippen LogP contribution in [0.2, 0.25) is 0 Å². The summed E-state index contributed by atoms with van der Waals surface area (Å²) in [5, 5.41) is 0. The number of carbonyl (C=O) groups excluding carboxylic acids is 1. The van der Waals surface area contributed by atoms with Gasteiger partial charge in [0.2, 0.25) is 0 Å². The van der Waals surface area contributed by atoms with Crippen LogP contribution in [-0.4, -0.2) is 60.4 Å². The lowest BCUT2D eigenvalue weighted by atomic mass is 10.1. The molecule has 0 aliphatic carbocycles. The fraction of sp³-hybridized carbons (Fsp3) is 0.643. The average Bonchev–Trinajstić information content (AvgIpc) is 2.87. The Morgan fingerprint density at radius 3 is 2.83 bits per heavy atom. The lowest BCUT2D eigenvalue weighted by Gasteiger charge is -2.19. The van der Waals surface area contributed by atoms with Crippen molar-refractivity contribution in [3.8, 4) is 0 Å². The van der Waals surface area contributed by atoms with Gasteiger partial charge in [-0.15, -0.1) is 0 Å². The molecule has 4 heteroatoms. The van der Waals surface area contributed by atoms with Crippen molar-refractivity contribution >= 4 is 5.78 Å². The third kappa shape index (κ3) is 3.43. The minimum Gasteiger partial charge on any atom is -0.357 e. The van der Waals surface area contributed by atoms with Crippen molar-refractivity contribution < 1.29 is 4.79 Å². The Morgan fingerprint density at radius 1 is 1.50 bits per heavy atom. The van der Waals surface area contributed by atoms with Crippen molar-refractivity contribution in [3.05, 3.63) is 24.0 Å². The molecule has 1 aromatic rings. The van der Waals surface area contributed by atoms with Gasteiger partial charge in [-0.2, -0.15) is 0 Å². The van der Waals surface area contributed by atoms with Crippen LogP contribution in [0.25, 0.3) is 0 Å². The number of aryl methyl sites for hydroxylation is 1. The summed E-state index contributed by atoms with van der Waals surface area (Å²) in [5.74, 6) is 0.924. The minimum absolute atomic E-state index is 0.212. The third-order valence-electron chi connectivity index (χ3n) is 3.63. The van der Waals surface area contributed by atoms with E-state index < -0.39 is 0 Å². The van der Waals surface area contributed by atoms with Crippen molar-refractivity contribution in [1.82, 2.24) is 14.4 Å². The van der Waals surface area contributed by atoms with Crippen molar-refractivity contribution in [2.75, 3.05) is 40.3 Å². The van der Waals surface area contributed by atoms with Gasteiger partial charge in [-0.3, -0.25) is 9.69 Å². The number of ketones is 1. The van der Waals surface area contributed by atoms with E-state index in [4.69, 9.17) is 0 Å². The third-order valence-corrected chi connectivity index (χ3v) is 3.63. The number of hydrogen-bond acceptors (Lipinski definition) is 3. The van der Waals surface area contributed by atoms with Gasteiger partial charge in [0.1, 0.15) is 0 Å². The van der Waals surface area contributed by atoms with Crippen LogP contribution in [-0.2, 0) is 7.05 Å². The molecule has 0 saturated carbocycles. The Bertz CT molecular complexity index is 413. The van der Waals surface area contributed by atoms with Crippen LogP contribution in [0.5, 0.6) is 0 Å². The fourth-order valence-electron chi connectivity index (χ4n) is 2.69. The Hall–Kier alpha value is -1.13. The smallest absolute Gasteiger partial charge is 0.178 e. The zero-order valence-corrected chi connectivity index (χ0v) is 11.6. The van der Waals surface area contributed by atoms with Gasteiger partial charge in [0, 0.05) is 38.1 Å². The molecule has 1 saturated heterocycles. The monoisotopic (exact) mass is 249 g/mol. The molecule has 1 aliphatic rings. The van der Waals surface area contributed by atoms with Crippen molar-refractivity contribution in [1.29, 1.82) is 0 Å². The largest absolute Gasteiger partial charge is 0.357 e. The Labute approximate surface area is 109 Å². The topological polar surface area (TPSA) is 28.5 Å². The second-order valence-corrected chi connectivity index (χ2v) is 5.60. The number of Topliss-reactive ketones (excluding diaryl/α,β-unsaturated/α-hetero) is 1. The van der Waals surface area contributed by atoms with Crippen LogP contribution >= 0.6 is 0 Å². The Kier molecular flexibility index (Phi) is 4.19. The molecule has 100 valence electrons. The molecule has 1 fully saturated rings. The maximum atomic E-state index is 12.0. The number of likely N-dealkylation sites (tertiary alicyclic amines) is 1. The zero-order chi connectivity index (χ0) is 13.1. The number of carbonyl (C=O) groups is 1. The van der Waals surface area contributed by atoms with Crippen molar-refractivity contribution in [2.45, 2.75) is 6.42 Å². The van der Waals surface area contributed by atoms with E-state index in [0.717, 1.165) is 18.7 Å². The molecule has 0 N–H and O–H groups in total. The van der Waals surface area contributed by atoms with E-state index in [2.05, 4.69) is 16.8 Å². The number of hydrogen-bond donors (Lipinski definition) is 0. The SMILES string of the molecule is CN1CCC(CN(C)CC(=O)c2ccn(C)c2)C1. The van der Waals surface area contributed by atoms with Gasteiger partial charge in [-0.05, 0) is 39.0 Å². The molecule has 1 atom stereocenters. The first-order chi connectivity index (χ1) is 8.54. The van der Waals surface area contributed by atoms with E-state index in [1.807, 2.05) is 37.1 Å². The maximum absolute atomic E-state index is 12.0. The van der Waals surface area contributed by atoms with Crippen molar-refractivity contribution in [2.24, 2.45) is 13.0 Å². The Balaban J connectivity index is 1.80. The maximum Gasteiger partial charge on any atom is 0.178 e. The van der Waals surface area contributed by atoms with Gasteiger partial charge in [0.25, 0.3) is 0 Å². The van der Waals surface area contributed by atoms with Crippen LogP contribution in [0.15, 0.2) is 18.5 Å². The molecule has 1 aliphatic heterocycles. The first-order valence-electron chi connectivity index (χ1n) is 6.57. The first-order valence-corrected chi connectivity index (χ1v) is 6.57. The summed E-state index contributed by atoms with van der Waals surface area (Å²) in [7, 11) is 6.14. The molecule has 18 heavy (non-hydrogen) atoms. The van der Waals surface area contributed by atoms with Crippen LogP contribution in [0.3, 0.4) is 0 Å². The van der Waals surface area contributed by atoms with Gasteiger partial charge >= 0.3 is 0 Å². The van der Waals surface area contributed by atoms with Gasteiger partial charge in [0.15, 0.2) is 5.78 Å². The summed E-state index contributed by atoms with van der Waals surface area (Å²) in [6, 6.07) is 1.89. The summed E-state index contributed by atoms with van der Waals surface area (Å²) in [6.45, 7) is 3.88. The summed E-state index contributed by atoms with van der Waals surface area (Å²) in [6.07, 6.45) is 5.05. The van der Waals surface area contributed by atoms with E-state index in [-0.39, 0.29) is 5.78 Å².